The summed E-state index contributed by atoms with van der Waals surface area (Å²) in [6.45, 7) is 0.143. The highest BCUT2D eigenvalue weighted by Gasteiger charge is 2.15. The smallest absolute Gasteiger partial charge is 0.356 e. The molecule has 1 atom stereocenters. The number of hydrogen-bond donors (Lipinski definition) is 3. The molecular weight excluding hydrogens is 302 g/mol. The van der Waals surface area contributed by atoms with Crippen molar-refractivity contribution in [1.82, 2.24) is 9.97 Å². The van der Waals surface area contributed by atoms with Crippen LogP contribution in [0.5, 0.6) is 11.5 Å². The Morgan fingerprint density at radius 1 is 1.26 bits per heavy atom. The lowest BCUT2D eigenvalue weighted by Gasteiger charge is -2.16. The van der Waals surface area contributed by atoms with Crippen molar-refractivity contribution < 1.29 is 24.5 Å². The van der Waals surface area contributed by atoms with Gasteiger partial charge in [0.25, 0.3) is 0 Å². The third-order valence-corrected chi connectivity index (χ3v) is 3.14. The molecular formula is C15H17N3O5. The zero-order valence-corrected chi connectivity index (χ0v) is 12.7. The van der Waals surface area contributed by atoms with E-state index < -0.39 is 12.1 Å². The van der Waals surface area contributed by atoms with E-state index in [-0.39, 0.29) is 12.2 Å². The van der Waals surface area contributed by atoms with Crippen LogP contribution in [0.4, 0.5) is 5.82 Å². The first-order valence-corrected chi connectivity index (χ1v) is 6.74. The van der Waals surface area contributed by atoms with Gasteiger partial charge in [-0.05, 0) is 18.2 Å². The lowest BCUT2D eigenvalue weighted by atomic mass is 10.1. The van der Waals surface area contributed by atoms with E-state index in [9.17, 15) is 9.90 Å². The summed E-state index contributed by atoms with van der Waals surface area (Å²) in [5.41, 5.74) is 0.417. The number of methoxy groups -OCH3 is 2. The molecule has 1 unspecified atom stereocenters. The van der Waals surface area contributed by atoms with Crippen LogP contribution in [0.2, 0.25) is 0 Å². The maximum Gasteiger partial charge on any atom is 0.356 e. The molecule has 0 spiro atoms. The van der Waals surface area contributed by atoms with Crippen LogP contribution < -0.4 is 14.8 Å². The fraction of sp³-hybridized carbons (Fsp3) is 0.267. The predicted octanol–water partition coefficient (Wildman–Crippen LogP) is 1.34. The third kappa shape index (κ3) is 4.07. The molecule has 0 aliphatic heterocycles. The van der Waals surface area contributed by atoms with Gasteiger partial charge in [-0.25, -0.2) is 14.8 Å². The van der Waals surface area contributed by atoms with E-state index >= 15 is 0 Å². The van der Waals surface area contributed by atoms with E-state index in [1.165, 1.54) is 20.4 Å². The Balaban J connectivity index is 2.07. The summed E-state index contributed by atoms with van der Waals surface area (Å²) in [7, 11) is 3.05. The summed E-state index contributed by atoms with van der Waals surface area (Å²) in [4.78, 5) is 18.4. The average Bonchev–Trinajstić information content (AvgIpc) is 2.59. The Kier molecular flexibility index (Phi) is 5.32. The highest BCUT2D eigenvalue weighted by Crippen LogP contribution is 2.29. The number of nitrogens with zero attached hydrogens (tertiary/aromatic N) is 2. The summed E-state index contributed by atoms with van der Waals surface area (Å²) in [6, 6.07) is 5.13. The molecule has 8 nitrogen and oxygen atoms in total. The maximum atomic E-state index is 10.7. The Morgan fingerprint density at radius 2 is 2.04 bits per heavy atom. The summed E-state index contributed by atoms with van der Waals surface area (Å²) in [6.07, 6.45) is 1.56. The van der Waals surface area contributed by atoms with Crippen molar-refractivity contribution in [3.8, 4) is 11.5 Å². The molecule has 0 saturated heterocycles. The number of aromatic nitrogens is 2. The van der Waals surface area contributed by atoms with E-state index in [2.05, 4.69) is 15.3 Å². The molecule has 0 amide bonds. The second-order valence-corrected chi connectivity index (χ2v) is 4.60. The Morgan fingerprint density at radius 3 is 2.61 bits per heavy atom. The molecule has 0 aliphatic carbocycles. The number of benzene rings is 1. The van der Waals surface area contributed by atoms with Crippen molar-refractivity contribution in [1.29, 1.82) is 0 Å². The Labute approximate surface area is 132 Å². The SMILES string of the molecule is COc1ccc(OC)c(C(O)CNc2cnc(C(=O)O)cn2)c1. The number of hydrogen-bond acceptors (Lipinski definition) is 7. The molecule has 0 fully saturated rings. The second-order valence-electron chi connectivity index (χ2n) is 4.60. The number of rotatable bonds is 7. The van der Waals surface area contributed by atoms with Gasteiger partial charge in [0.1, 0.15) is 17.3 Å². The zero-order valence-electron chi connectivity index (χ0n) is 12.7. The zero-order chi connectivity index (χ0) is 16.8. The van der Waals surface area contributed by atoms with Gasteiger partial charge < -0.3 is 25.0 Å². The monoisotopic (exact) mass is 319 g/mol. The fourth-order valence-corrected chi connectivity index (χ4v) is 1.94. The van der Waals surface area contributed by atoms with Crippen molar-refractivity contribution in [2.75, 3.05) is 26.1 Å². The van der Waals surface area contributed by atoms with Crippen LogP contribution in [0.15, 0.2) is 30.6 Å². The normalized spacial score (nSPS) is 11.6. The number of carboxylic acids is 1. The minimum Gasteiger partial charge on any atom is -0.497 e. The number of carboxylic acid groups (broad SMARTS) is 1. The number of aromatic carboxylic acids is 1. The molecule has 1 aromatic carbocycles. The van der Waals surface area contributed by atoms with Crippen LogP contribution in [-0.2, 0) is 0 Å². The highest BCUT2D eigenvalue weighted by molar-refractivity contribution is 5.84. The Bertz CT molecular complexity index is 675. The second kappa shape index (κ2) is 7.41. The van der Waals surface area contributed by atoms with E-state index in [1.807, 2.05) is 0 Å². The average molecular weight is 319 g/mol. The summed E-state index contributed by atoms with van der Waals surface area (Å²) in [5, 5.41) is 22.0. The first kappa shape index (κ1) is 16.5. The molecule has 0 saturated carbocycles. The number of nitrogens with one attached hydrogen (secondary N) is 1. The van der Waals surface area contributed by atoms with Gasteiger partial charge in [0, 0.05) is 12.1 Å². The van der Waals surface area contributed by atoms with Crippen LogP contribution in [0, 0.1) is 0 Å². The van der Waals surface area contributed by atoms with E-state index in [0.717, 1.165) is 6.20 Å². The minimum atomic E-state index is -1.15. The van der Waals surface area contributed by atoms with E-state index in [4.69, 9.17) is 14.6 Å². The molecule has 3 N–H and O–H groups in total. The number of aliphatic hydroxyl groups is 1. The highest BCUT2D eigenvalue weighted by atomic mass is 16.5. The maximum absolute atomic E-state index is 10.7. The summed E-state index contributed by atoms with van der Waals surface area (Å²) >= 11 is 0. The number of carbonyl (C=O) groups is 1. The van der Waals surface area contributed by atoms with E-state index in [1.54, 1.807) is 18.2 Å². The molecule has 0 radical (unpaired) electrons. The van der Waals surface area contributed by atoms with Gasteiger partial charge in [-0.15, -0.1) is 0 Å². The van der Waals surface area contributed by atoms with Crippen molar-refractivity contribution >= 4 is 11.8 Å². The molecule has 23 heavy (non-hydrogen) atoms. The third-order valence-electron chi connectivity index (χ3n) is 3.14. The molecule has 2 rings (SSSR count). The van der Waals surface area contributed by atoms with Crippen molar-refractivity contribution in [2.45, 2.75) is 6.10 Å². The van der Waals surface area contributed by atoms with Crippen molar-refractivity contribution in [3.63, 3.8) is 0 Å². The van der Waals surface area contributed by atoms with Crippen molar-refractivity contribution in [3.05, 3.63) is 41.9 Å². The first-order valence-electron chi connectivity index (χ1n) is 6.74. The molecule has 1 heterocycles. The lowest BCUT2D eigenvalue weighted by molar-refractivity contribution is 0.0690. The van der Waals surface area contributed by atoms with Crippen molar-refractivity contribution in [2.24, 2.45) is 0 Å². The van der Waals surface area contributed by atoms with Gasteiger partial charge >= 0.3 is 5.97 Å². The van der Waals surface area contributed by atoms with Crippen LogP contribution in [-0.4, -0.2) is 46.9 Å². The van der Waals surface area contributed by atoms with Crippen LogP contribution in [0.25, 0.3) is 0 Å². The van der Waals surface area contributed by atoms with Gasteiger partial charge in [0.2, 0.25) is 0 Å². The minimum absolute atomic E-state index is 0.143. The lowest BCUT2D eigenvalue weighted by Crippen LogP contribution is -2.14. The summed E-state index contributed by atoms with van der Waals surface area (Å²) < 4.78 is 10.4. The molecule has 1 aromatic heterocycles. The van der Waals surface area contributed by atoms with Crippen LogP contribution >= 0.6 is 0 Å². The molecule has 0 aliphatic rings. The topological polar surface area (TPSA) is 114 Å². The van der Waals surface area contributed by atoms with Gasteiger partial charge in [-0.1, -0.05) is 0 Å². The fourth-order valence-electron chi connectivity index (χ4n) is 1.94. The van der Waals surface area contributed by atoms with Gasteiger partial charge in [0.05, 0.1) is 32.7 Å². The van der Waals surface area contributed by atoms with E-state index in [0.29, 0.717) is 22.9 Å². The van der Waals surface area contributed by atoms with Gasteiger partial charge in [-0.2, -0.15) is 0 Å². The largest absolute Gasteiger partial charge is 0.497 e. The number of ether oxygens (including phenoxy) is 2. The van der Waals surface area contributed by atoms with Gasteiger partial charge in [-0.3, -0.25) is 0 Å². The molecule has 0 bridgehead atoms. The van der Waals surface area contributed by atoms with Crippen LogP contribution in [0.1, 0.15) is 22.2 Å². The molecule has 2 aromatic rings. The Hall–Kier alpha value is -2.87. The van der Waals surface area contributed by atoms with Gasteiger partial charge in [0.15, 0.2) is 5.69 Å². The number of anilines is 1. The van der Waals surface area contributed by atoms with Crippen LogP contribution in [0.3, 0.4) is 0 Å². The quantitative estimate of drug-likeness (QED) is 0.700. The standard InChI is InChI=1S/C15H17N3O5/c1-22-9-3-4-13(23-2)10(5-9)12(19)7-18-14-8-16-11(6-17-14)15(20)21/h3-6,8,12,19H,7H2,1-2H3,(H,17,18)(H,20,21). The number of aliphatic hydroxyl groups excluding tert-OH is 1. The summed E-state index contributed by atoms with van der Waals surface area (Å²) in [5.74, 6) is 0.346. The first-order chi connectivity index (χ1) is 11.0. The predicted molar refractivity (Wildman–Crippen MR) is 82.0 cm³/mol. The molecule has 122 valence electrons. The molecule has 8 heteroatoms.